The molecule has 0 bridgehead atoms. The summed E-state index contributed by atoms with van der Waals surface area (Å²) in [5.41, 5.74) is 4.98. The van der Waals surface area contributed by atoms with Crippen LogP contribution in [0.3, 0.4) is 0 Å². The van der Waals surface area contributed by atoms with Crippen molar-refractivity contribution < 1.29 is 9.53 Å². The minimum Gasteiger partial charge on any atom is -0.444 e. The largest absolute Gasteiger partial charge is 0.444 e. The lowest BCUT2D eigenvalue weighted by Gasteiger charge is -2.22. The molecule has 0 aromatic heterocycles. The molecule has 1 amide bonds. The fourth-order valence-corrected chi connectivity index (χ4v) is 1.05. The van der Waals surface area contributed by atoms with Crippen LogP contribution in [0.1, 0.15) is 40.5 Å². The van der Waals surface area contributed by atoms with Gasteiger partial charge in [0.15, 0.2) is 0 Å². The van der Waals surface area contributed by atoms with Crippen molar-refractivity contribution in [3.63, 3.8) is 0 Å². The average molecular weight is 202 g/mol. The molecule has 0 aromatic carbocycles. The Balaban J connectivity index is 3.91. The Kier molecular flexibility index (Phi) is 5.53. The molecule has 0 aliphatic rings. The summed E-state index contributed by atoms with van der Waals surface area (Å²) in [6, 6.07) is 0.120. The molecular formula is C10H22N2O2. The molecule has 0 aliphatic carbocycles. The summed E-state index contributed by atoms with van der Waals surface area (Å²) in [5.74, 6) is 0. The summed E-state index contributed by atoms with van der Waals surface area (Å²) < 4.78 is 5.13. The Hall–Kier alpha value is -0.770. The highest BCUT2D eigenvalue weighted by atomic mass is 16.6. The van der Waals surface area contributed by atoms with E-state index in [0.717, 1.165) is 12.8 Å². The first-order chi connectivity index (χ1) is 6.39. The van der Waals surface area contributed by atoms with Gasteiger partial charge >= 0.3 is 6.09 Å². The predicted octanol–water partition coefficient (Wildman–Crippen LogP) is 1.64. The summed E-state index contributed by atoms with van der Waals surface area (Å²) in [6.45, 7) is 8.12. The van der Waals surface area contributed by atoms with Gasteiger partial charge in [-0.15, -0.1) is 0 Å². The molecule has 0 saturated heterocycles. The Morgan fingerprint density at radius 2 is 2.07 bits per heavy atom. The van der Waals surface area contributed by atoms with Crippen LogP contribution in [0.25, 0.3) is 0 Å². The van der Waals surface area contributed by atoms with Gasteiger partial charge in [0.1, 0.15) is 5.60 Å². The number of ether oxygens (including phenoxy) is 1. The number of carbonyl (C=O) groups is 1. The van der Waals surface area contributed by atoms with E-state index in [-0.39, 0.29) is 12.1 Å². The number of rotatable bonds is 4. The maximum absolute atomic E-state index is 11.3. The molecule has 3 N–H and O–H groups in total. The lowest BCUT2D eigenvalue weighted by Crippen LogP contribution is -2.39. The van der Waals surface area contributed by atoms with Crippen molar-refractivity contribution in [1.82, 2.24) is 5.32 Å². The van der Waals surface area contributed by atoms with Crippen LogP contribution in [0, 0.1) is 0 Å². The zero-order chi connectivity index (χ0) is 11.2. The zero-order valence-corrected chi connectivity index (χ0v) is 9.59. The third-order valence-corrected chi connectivity index (χ3v) is 1.73. The minimum absolute atomic E-state index is 0.120. The number of nitrogens with one attached hydrogen (secondary N) is 1. The SMILES string of the molecule is CC[C@H](CCN)NC(=O)OC(C)(C)C. The van der Waals surface area contributed by atoms with Crippen LogP contribution in [0.5, 0.6) is 0 Å². The number of alkyl carbamates (subject to hydrolysis) is 1. The van der Waals surface area contributed by atoms with E-state index < -0.39 is 5.60 Å². The molecule has 0 spiro atoms. The normalized spacial score (nSPS) is 13.5. The molecule has 14 heavy (non-hydrogen) atoms. The average Bonchev–Trinajstić information content (AvgIpc) is 2.00. The van der Waals surface area contributed by atoms with E-state index in [2.05, 4.69) is 5.32 Å². The third-order valence-electron chi connectivity index (χ3n) is 1.73. The quantitative estimate of drug-likeness (QED) is 0.728. The monoisotopic (exact) mass is 202 g/mol. The summed E-state index contributed by atoms with van der Waals surface area (Å²) in [5, 5.41) is 2.78. The van der Waals surface area contributed by atoms with Crippen LogP contribution >= 0.6 is 0 Å². The van der Waals surface area contributed by atoms with Crippen LogP contribution in [-0.2, 0) is 4.74 Å². The van der Waals surface area contributed by atoms with E-state index in [1.54, 1.807) is 0 Å². The van der Waals surface area contributed by atoms with Crippen LogP contribution in [0.4, 0.5) is 4.79 Å². The van der Waals surface area contributed by atoms with E-state index >= 15 is 0 Å². The van der Waals surface area contributed by atoms with Crippen LogP contribution in [-0.4, -0.2) is 24.3 Å². The van der Waals surface area contributed by atoms with Crippen molar-refractivity contribution >= 4 is 6.09 Å². The minimum atomic E-state index is -0.439. The zero-order valence-electron chi connectivity index (χ0n) is 9.59. The highest BCUT2D eigenvalue weighted by Gasteiger charge is 2.18. The van der Waals surface area contributed by atoms with Crippen molar-refractivity contribution in [3.05, 3.63) is 0 Å². The molecule has 0 aliphatic heterocycles. The lowest BCUT2D eigenvalue weighted by molar-refractivity contribution is 0.0501. The van der Waals surface area contributed by atoms with Crippen molar-refractivity contribution in [3.8, 4) is 0 Å². The van der Waals surface area contributed by atoms with Crippen LogP contribution in [0.15, 0.2) is 0 Å². The molecule has 84 valence electrons. The third kappa shape index (κ3) is 6.71. The first kappa shape index (κ1) is 13.2. The number of hydrogen-bond donors (Lipinski definition) is 2. The second kappa shape index (κ2) is 5.86. The molecule has 1 atom stereocenters. The highest BCUT2D eigenvalue weighted by molar-refractivity contribution is 5.68. The lowest BCUT2D eigenvalue weighted by atomic mass is 10.1. The van der Waals surface area contributed by atoms with Gasteiger partial charge in [-0.3, -0.25) is 0 Å². The smallest absolute Gasteiger partial charge is 0.407 e. The maximum Gasteiger partial charge on any atom is 0.407 e. The van der Waals surface area contributed by atoms with Gasteiger partial charge in [0, 0.05) is 6.04 Å². The standard InChI is InChI=1S/C10H22N2O2/c1-5-8(6-7-11)12-9(13)14-10(2,3)4/h8H,5-7,11H2,1-4H3,(H,12,13)/t8-/m1/s1. The van der Waals surface area contributed by atoms with Crippen molar-refractivity contribution in [2.24, 2.45) is 5.73 Å². The number of nitrogens with two attached hydrogens (primary N) is 1. The van der Waals surface area contributed by atoms with E-state index in [0.29, 0.717) is 6.54 Å². The molecular weight excluding hydrogens is 180 g/mol. The van der Waals surface area contributed by atoms with Gasteiger partial charge in [-0.2, -0.15) is 0 Å². The van der Waals surface area contributed by atoms with Crippen LogP contribution in [0.2, 0.25) is 0 Å². The number of amides is 1. The van der Waals surface area contributed by atoms with Crippen molar-refractivity contribution in [2.45, 2.75) is 52.2 Å². The first-order valence-electron chi connectivity index (χ1n) is 5.08. The fourth-order valence-electron chi connectivity index (χ4n) is 1.05. The van der Waals surface area contributed by atoms with Gasteiger partial charge in [0.05, 0.1) is 0 Å². The molecule has 0 aromatic rings. The van der Waals surface area contributed by atoms with E-state index in [9.17, 15) is 4.79 Å². The highest BCUT2D eigenvalue weighted by Crippen LogP contribution is 2.07. The molecule has 0 fully saturated rings. The topological polar surface area (TPSA) is 64.3 Å². The summed E-state index contributed by atoms with van der Waals surface area (Å²) in [7, 11) is 0. The maximum atomic E-state index is 11.3. The van der Waals surface area contributed by atoms with Gasteiger partial charge < -0.3 is 15.8 Å². The van der Waals surface area contributed by atoms with Crippen molar-refractivity contribution in [2.75, 3.05) is 6.54 Å². The van der Waals surface area contributed by atoms with E-state index in [4.69, 9.17) is 10.5 Å². The molecule has 0 unspecified atom stereocenters. The molecule has 0 radical (unpaired) electrons. The van der Waals surface area contributed by atoms with Gasteiger partial charge in [-0.25, -0.2) is 4.79 Å². The van der Waals surface area contributed by atoms with Crippen LogP contribution < -0.4 is 11.1 Å². The Morgan fingerprint density at radius 3 is 2.43 bits per heavy atom. The first-order valence-corrected chi connectivity index (χ1v) is 5.08. The second-order valence-electron chi connectivity index (χ2n) is 4.33. The Morgan fingerprint density at radius 1 is 1.50 bits per heavy atom. The predicted molar refractivity (Wildman–Crippen MR) is 57.1 cm³/mol. The fraction of sp³-hybridized carbons (Fsp3) is 0.900. The van der Waals surface area contributed by atoms with Gasteiger partial charge in [0.2, 0.25) is 0 Å². The molecule has 4 nitrogen and oxygen atoms in total. The van der Waals surface area contributed by atoms with Gasteiger partial charge in [-0.05, 0) is 40.2 Å². The molecule has 0 rings (SSSR count). The van der Waals surface area contributed by atoms with Gasteiger partial charge in [-0.1, -0.05) is 6.92 Å². The summed E-state index contributed by atoms with van der Waals surface area (Å²) >= 11 is 0. The Labute approximate surface area is 86.2 Å². The molecule has 4 heteroatoms. The van der Waals surface area contributed by atoms with E-state index in [1.807, 2.05) is 27.7 Å². The van der Waals surface area contributed by atoms with Gasteiger partial charge in [0.25, 0.3) is 0 Å². The second-order valence-corrected chi connectivity index (χ2v) is 4.33. The van der Waals surface area contributed by atoms with Crippen molar-refractivity contribution in [1.29, 1.82) is 0 Å². The summed E-state index contributed by atoms with van der Waals surface area (Å²) in [6.07, 6.45) is 1.30. The molecule has 0 heterocycles. The summed E-state index contributed by atoms with van der Waals surface area (Å²) in [4.78, 5) is 11.3. The molecule has 0 saturated carbocycles. The number of hydrogen-bond acceptors (Lipinski definition) is 3. The van der Waals surface area contributed by atoms with E-state index in [1.165, 1.54) is 0 Å². The Bertz CT molecular complexity index is 175. The number of carbonyl (C=O) groups excluding carboxylic acids is 1.